The van der Waals surface area contributed by atoms with E-state index in [4.69, 9.17) is 0 Å². The molecule has 0 saturated carbocycles. The molecule has 0 aliphatic heterocycles. The minimum Gasteiger partial charge on any atom is -0.323 e. The number of ketones is 1. The minimum absolute atomic E-state index is 0.179. The Kier molecular flexibility index (Phi) is 4.67. The quantitative estimate of drug-likeness (QED) is 0.685. The van der Waals surface area contributed by atoms with Gasteiger partial charge in [-0.3, -0.25) is 9.59 Å². The van der Waals surface area contributed by atoms with Crippen LogP contribution in [0.4, 0.5) is 5.69 Å². The Balaban J connectivity index is 2.01. The molecule has 0 saturated heterocycles. The highest BCUT2D eigenvalue weighted by molar-refractivity contribution is 6.09. The lowest BCUT2D eigenvalue weighted by atomic mass is 10.0. The molecule has 0 fully saturated rings. The average molecular weight is 279 g/mol. The third-order valence-corrected chi connectivity index (χ3v) is 3.22. The number of aryl methyl sites for hydroxylation is 2. The predicted molar refractivity (Wildman–Crippen MR) is 84.5 cm³/mol. The lowest BCUT2D eigenvalue weighted by Crippen LogP contribution is -2.08. The summed E-state index contributed by atoms with van der Waals surface area (Å²) in [6.45, 7) is 3.95. The molecule has 2 aromatic carbocycles. The zero-order valence-electron chi connectivity index (χ0n) is 12.1. The van der Waals surface area contributed by atoms with Gasteiger partial charge in [0.15, 0.2) is 5.78 Å². The van der Waals surface area contributed by atoms with Crippen molar-refractivity contribution in [2.45, 2.75) is 13.8 Å². The molecule has 0 aliphatic rings. The molecule has 0 aliphatic carbocycles. The van der Waals surface area contributed by atoms with E-state index in [1.54, 1.807) is 18.2 Å². The molecule has 106 valence electrons. The van der Waals surface area contributed by atoms with Crippen LogP contribution in [0.25, 0.3) is 0 Å². The molecule has 1 amide bonds. The van der Waals surface area contributed by atoms with Crippen molar-refractivity contribution in [3.63, 3.8) is 0 Å². The number of nitrogens with one attached hydrogen (secondary N) is 1. The summed E-state index contributed by atoms with van der Waals surface area (Å²) in [5, 5.41) is 2.69. The van der Waals surface area contributed by atoms with Gasteiger partial charge in [-0.2, -0.15) is 0 Å². The van der Waals surface area contributed by atoms with Crippen molar-refractivity contribution in [2.75, 3.05) is 5.32 Å². The van der Waals surface area contributed by atoms with Crippen molar-refractivity contribution in [2.24, 2.45) is 0 Å². The van der Waals surface area contributed by atoms with Gasteiger partial charge in [-0.05, 0) is 49.2 Å². The standard InChI is InChI=1S/C18H17NO2/c1-13-8-9-15(12-14(13)2)17(20)10-11-18(21)19-16-6-4-3-5-7-16/h3-12H,1-2H3,(H,19,21)/b11-10+. The molecular formula is C18H17NO2. The van der Waals surface area contributed by atoms with Gasteiger partial charge >= 0.3 is 0 Å². The van der Waals surface area contributed by atoms with Crippen molar-refractivity contribution in [1.29, 1.82) is 0 Å². The summed E-state index contributed by atoms with van der Waals surface area (Å²) in [6.07, 6.45) is 2.55. The minimum atomic E-state index is -0.321. The van der Waals surface area contributed by atoms with E-state index in [1.807, 2.05) is 44.2 Å². The van der Waals surface area contributed by atoms with Crippen molar-refractivity contribution < 1.29 is 9.59 Å². The van der Waals surface area contributed by atoms with Crippen molar-refractivity contribution >= 4 is 17.4 Å². The largest absolute Gasteiger partial charge is 0.323 e. The van der Waals surface area contributed by atoms with Gasteiger partial charge in [0.2, 0.25) is 5.91 Å². The number of hydrogen-bond acceptors (Lipinski definition) is 2. The highest BCUT2D eigenvalue weighted by atomic mass is 16.1. The van der Waals surface area contributed by atoms with Gasteiger partial charge < -0.3 is 5.32 Å². The predicted octanol–water partition coefficient (Wildman–Crippen LogP) is 3.68. The van der Waals surface area contributed by atoms with E-state index in [1.165, 1.54) is 12.2 Å². The number of hydrogen-bond donors (Lipinski definition) is 1. The van der Waals surface area contributed by atoms with E-state index in [-0.39, 0.29) is 11.7 Å². The smallest absolute Gasteiger partial charge is 0.248 e. The monoisotopic (exact) mass is 279 g/mol. The second-order valence-electron chi connectivity index (χ2n) is 4.85. The molecule has 2 rings (SSSR count). The number of allylic oxidation sites excluding steroid dienone is 1. The molecule has 1 N–H and O–H groups in total. The van der Waals surface area contributed by atoms with Crippen LogP contribution < -0.4 is 5.32 Å². The highest BCUT2D eigenvalue weighted by Crippen LogP contribution is 2.11. The lowest BCUT2D eigenvalue weighted by molar-refractivity contribution is -0.111. The van der Waals surface area contributed by atoms with Gasteiger partial charge in [0.1, 0.15) is 0 Å². The van der Waals surface area contributed by atoms with Crippen LogP contribution >= 0.6 is 0 Å². The number of benzene rings is 2. The number of carbonyl (C=O) groups is 2. The number of anilines is 1. The van der Waals surface area contributed by atoms with Crippen LogP contribution in [0.5, 0.6) is 0 Å². The van der Waals surface area contributed by atoms with Crippen LogP contribution in [-0.2, 0) is 4.79 Å². The van der Waals surface area contributed by atoms with Crippen LogP contribution in [-0.4, -0.2) is 11.7 Å². The van der Waals surface area contributed by atoms with E-state index in [2.05, 4.69) is 5.32 Å². The fourth-order valence-electron chi connectivity index (χ4n) is 1.85. The normalized spacial score (nSPS) is 10.6. The van der Waals surface area contributed by atoms with Crippen LogP contribution in [0, 0.1) is 13.8 Å². The number of amides is 1. The van der Waals surface area contributed by atoms with E-state index < -0.39 is 0 Å². The molecule has 0 bridgehead atoms. The molecule has 21 heavy (non-hydrogen) atoms. The van der Waals surface area contributed by atoms with Gasteiger partial charge in [0.25, 0.3) is 0 Å². The van der Waals surface area contributed by atoms with Crippen LogP contribution in [0.1, 0.15) is 21.5 Å². The number of para-hydroxylation sites is 1. The maximum Gasteiger partial charge on any atom is 0.248 e. The number of carbonyl (C=O) groups excluding carboxylic acids is 2. The lowest BCUT2D eigenvalue weighted by Gasteiger charge is -2.02. The molecule has 0 spiro atoms. The van der Waals surface area contributed by atoms with Crippen molar-refractivity contribution in [1.82, 2.24) is 0 Å². The summed E-state index contributed by atoms with van der Waals surface area (Å²) in [5.41, 5.74) is 3.48. The summed E-state index contributed by atoms with van der Waals surface area (Å²) in [7, 11) is 0. The van der Waals surface area contributed by atoms with E-state index in [9.17, 15) is 9.59 Å². The fraction of sp³-hybridized carbons (Fsp3) is 0.111. The highest BCUT2D eigenvalue weighted by Gasteiger charge is 2.04. The fourth-order valence-corrected chi connectivity index (χ4v) is 1.85. The van der Waals surface area contributed by atoms with Crippen LogP contribution in [0.3, 0.4) is 0 Å². The third kappa shape index (κ3) is 4.14. The second-order valence-corrected chi connectivity index (χ2v) is 4.85. The Hall–Kier alpha value is -2.68. The van der Waals surface area contributed by atoms with E-state index in [0.717, 1.165) is 11.1 Å². The Morgan fingerprint density at radius 3 is 2.29 bits per heavy atom. The third-order valence-electron chi connectivity index (χ3n) is 3.22. The summed E-state index contributed by atoms with van der Waals surface area (Å²) < 4.78 is 0. The van der Waals surface area contributed by atoms with Crippen LogP contribution in [0.2, 0.25) is 0 Å². The Labute approximate surface area is 124 Å². The molecule has 0 radical (unpaired) electrons. The first-order chi connectivity index (χ1) is 10.1. The molecular weight excluding hydrogens is 262 g/mol. The summed E-state index contributed by atoms with van der Waals surface area (Å²) in [4.78, 5) is 23.7. The van der Waals surface area contributed by atoms with Gasteiger partial charge in [0.05, 0.1) is 0 Å². The number of rotatable bonds is 4. The summed E-state index contributed by atoms with van der Waals surface area (Å²) in [5.74, 6) is -0.500. The van der Waals surface area contributed by atoms with Crippen molar-refractivity contribution in [3.8, 4) is 0 Å². The maximum absolute atomic E-state index is 12.0. The molecule has 0 atom stereocenters. The molecule has 3 nitrogen and oxygen atoms in total. The summed E-state index contributed by atoms with van der Waals surface area (Å²) in [6, 6.07) is 14.6. The molecule has 0 heterocycles. The van der Waals surface area contributed by atoms with Gasteiger partial charge in [-0.1, -0.05) is 30.3 Å². The Bertz CT molecular complexity index is 688. The van der Waals surface area contributed by atoms with Gasteiger partial charge in [-0.25, -0.2) is 0 Å². The molecule has 0 aromatic heterocycles. The SMILES string of the molecule is Cc1ccc(C(=O)/C=C/C(=O)Nc2ccccc2)cc1C. The van der Waals surface area contributed by atoms with Gasteiger partial charge in [0, 0.05) is 17.3 Å². The first-order valence-electron chi connectivity index (χ1n) is 6.72. The average Bonchev–Trinajstić information content (AvgIpc) is 2.48. The first kappa shape index (κ1) is 14.7. The molecule has 0 unspecified atom stereocenters. The molecule has 3 heteroatoms. The zero-order valence-corrected chi connectivity index (χ0v) is 12.1. The first-order valence-corrected chi connectivity index (χ1v) is 6.72. The Morgan fingerprint density at radius 2 is 1.62 bits per heavy atom. The summed E-state index contributed by atoms with van der Waals surface area (Å²) >= 11 is 0. The topological polar surface area (TPSA) is 46.2 Å². The van der Waals surface area contributed by atoms with Crippen LogP contribution in [0.15, 0.2) is 60.7 Å². The Morgan fingerprint density at radius 1 is 0.905 bits per heavy atom. The zero-order chi connectivity index (χ0) is 15.2. The second kappa shape index (κ2) is 6.66. The molecule has 2 aromatic rings. The van der Waals surface area contributed by atoms with E-state index >= 15 is 0 Å². The van der Waals surface area contributed by atoms with E-state index in [0.29, 0.717) is 11.3 Å². The maximum atomic E-state index is 12.0. The van der Waals surface area contributed by atoms with Crippen molar-refractivity contribution in [3.05, 3.63) is 77.4 Å². The van der Waals surface area contributed by atoms with Gasteiger partial charge in [-0.15, -0.1) is 0 Å².